The van der Waals surface area contributed by atoms with Crippen molar-refractivity contribution in [1.82, 2.24) is 0 Å². The zero-order chi connectivity index (χ0) is 85.1. The van der Waals surface area contributed by atoms with Crippen molar-refractivity contribution in [1.29, 1.82) is 0 Å². The van der Waals surface area contributed by atoms with Crippen molar-refractivity contribution in [3.05, 3.63) is 102 Å². The molecule has 584 valence electrons. The fraction of sp³-hybridized carbons (Fsp3) is 0.440. The van der Waals surface area contributed by atoms with Crippen LogP contribution in [0.25, 0.3) is 0 Å². The van der Waals surface area contributed by atoms with Gasteiger partial charge in [-0.3, -0.25) is 4.79 Å². The monoisotopic (exact) mass is 1450 g/mol. The molecule has 0 aliphatic carbocycles. The van der Waals surface area contributed by atoms with E-state index in [0.717, 1.165) is 25.2 Å². The van der Waals surface area contributed by atoms with E-state index in [9.17, 15) is 0 Å². The Morgan fingerprint density at radius 3 is 0.644 bits per heavy atom. The highest BCUT2D eigenvalue weighted by atomic mass is 16.5. The highest BCUT2D eigenvalue weighted by Gasteiger charge is 2.08. The van der Waals surface area contributed by atoms with E-state index in [0.29, 0.717) is 25.0 Å². The number of aldehydes is 1. The van der Waals surface area contributed by atoms with Crippen molar-refractivity contribution < 1.29 is 125 Å². The molecule has 0 aromatic heterocycles. The Hall–Kier alpha value is -10.5. The Morgan fingerprint density at radius 2 is 0.436 bits per heavy atom. The number of hydrogen-bond acceptors (Lipinski definition) is 25. The van der Waals surface area contributed by atoms with Crippen molar-refractivity contribution in [2.75, 3.05) is 19.8 Å². The highest BCUT2D eigenvalue weighted by Crippen LogP contribution is 2.26. The predicted octanol–water partition coefficient (Wildman–Crippen LogP) is 11.7. The lowest BCUT2D eigenvalue weighted by Gasteiger charge is -2.15. The molecule has 2 unspecified atom stereocenters. The average Bonchev–Trinajstić information content (AvgIpc) is 0.956. The van der Waals surface area contributed by atoms with Crippen molar-refractivity contribution >= 4 is 162 Å². The van der Waals surface area contributed by atoms with E-state index in [4.69, 9.17) is 125 Å². The minimum absolute atomic E-state index is 0.637. The van der Waals surface area contributed by atoms with Crippen LogP contribution in [0.1, 0.15) is 204 Å². The molecule has 0 aliphatic rings. The van der Waals surface area contributed by atoms with Gasteiger partial charge in [0.25, 0.3) is 6.29 Å². The third-order valence-corrected chi connectivity index (χ3v) is 11.1. The highest BCUT2D eigenvalue weighted by molar-refractivity contribution is 5.50. The first-order valence-corrected chi connectivity index (χ1v) is 29.7. The van der Waals surface area contributed by atoms with Gasteiger partial charge >= 0.3 is 0 Å². The summed E-state index contributed by atoms with van der Waals surface area (Å²) in [6.07, 6.45) is 36.5. The van der Waals surface area contributed by atoms with Crippen molar-refractivity contribution in [2.45, 2.75) is 193 Å². The van der Waals surface area contributed by atoms with E-state index in [1.54, 1.807) is 0 Å². The lowest BCUT2D eigenvalue weighted by molar-refractivity contribution is -0.0987. The summed E-state index contributed by atoms with van der Waals surface area (Å²) in [6.45, 7) is 52.9. The van der Waals surface area contributed by atoms with Crippen LogP contribution >= 0.6 is 0 Å². The fourth-order valence-corrected chi connectivity index (χ4v) is 7.44. The van der Waals surface area contributed by atoms with Crippen LogP contribution in [0.3, 0.4) is 0 Å². The van der Waals surface area contributed by atoms with Crippen LogP contribution in [0.4, 0.5) is 0 Å². The second kappa shape index (κ2) is 264. The van der Waals surface area contributed by atoms with Gasteiger partial charge in [-0.25, -0.2) is 0 Å². The molecule has 101 heavy (non-hydrogen) atoms. The third-order valence-electron chi connectivity index (χ3n) is 11.1. The molecular weight excluding hydrogens is 1320 g/mol. The lowest BCUT2D eigenvalue weighted by atomic mass is 9.91. The van der Waals surface area contributed by atoms with Gasteiger partial charge in [0.05, 0.1) is 13.0 Å². The number of ether oxygens (including phenoxy) is 2. The van der Waals surface area contributed by atoms with Crippen LogP contribution in [0, 0.1) is 0 Å². The van der Waals surface area contributed by atoms with Crippen molar-refractivity contribution in [2.24, 2.45) is 0 Å². The molecule has 1 N–H and O–H groups in total. The number of rotatable bonds is 35. The second-order valence-electron chi connectivity index (χ2n) is 16.1. The van der Waals surface area contributed by atoms with Crippen LogP contribution in [-0.4, -0.2) is 187 Å². The number of carbonyl (C=O) groups excluding carboxylic acids is 24. The molecule has 3 aromatic carbocycles. The van der Waals surface area contributed by atoms with E-state index in [1.807, 2.05) is 186 Å². The number of para-hydroxylation sites is 1. The number of carbonyl (C=O) groups is 23. The van der Waals surface area contributed by atoms with Crippen LogP contribution < -0.4 is 4.74 Å². The van der Waals surface area contributed by atoms with E-state index >= 15 is 0 Å². The summed E-state index contributed by atoms with van der Waals surface area (Å²) in [5.41, 5.74) is 2.93. The van der Waals surface area contributed by atoms with Gasteiger partial charge < -0.3 is 120 Å². The maximum Gasteiger partial charge on any atom is 0.281 e. The Kier molecular flexibility index (Phi) is 404. The van der Waals surface area contributed by atoms with Gasteiger partial charge in [-0.05, 0) is 60.8 Å². The Morgan fingerprint density at radius 1 is 0.248 bits per heavy atom. The minimum Gasteiger partial charge on any atom is -0.491 e. The first-order valence-electron chi connectivity index (χ1n) is 29.7. The SMILES string of the molecule is C=O.C=O.C=O.C=O.C=O.C=O.C=O.C=O.C=O.C=O.C=O.C=O.C=O.C=O.C=O.C=O.C=O.C=O.C=O.C=O.C=O.C=O.C=O.CC(CCCC(C)c1ccccc1)c1ccccc1.[OH+]=CCCCCCCCCCCCCCCCCCCCCCCCCOCCOc1ccccc1. The lowest BCUT2D eigenvalue weighted by Crippen LogP contribution is -2.07. The first-order chi connectivity index (χ1) is 50.2. The summed E-state index contributed by atoms with van der Waals surface area (Å²) in [5.74, 6) is 2.26. The van der Waals surface area contributed by atoms with E-state index in [-0.39, 0.29) is 0 Å². The van der Waals surface area contributed by atoms with Gasteiger partial charge in [0.2, 0.25) is 0 Å². The topological polar surface area (TPSA) is 432 Å². The van der Waals surface area contributed by atoms with Gasteiger partial charge in [0.15, 0.2) is 0 Å². The zero-order valence-corrected chi connectivity index (χ0v) is 61.3. The van der Waals surface area contributed by atoms with Crippen molar-refractivity contribution in [3.63, 3.8) is 0 Å². The molecule has 0 aliphatic heterocycles. The standard InChI is InChI=1S/C33H58O3.C19H24.23CH2O/c34-29-25-20-18-16-14-12-10-8-6-4-2-1-3-5-7-9-11-13-15-17-19-21-26-30-35-31-32-36-33-27-23-22-24-28-33;1-16(18-12-5-3-6-13-18)10-9-11-17(2)19-14-7-4-8-15-19;23*1-2/h22-24,27-29H,1-21,25-26,30-32H2;3-8,12-17H,9-11H2,1-2H3;23*1H2/p+1. The maximum absolute atomic E-state index is 8.65. The van der Waals surface area contributed by atoms with Gasteiger partial charge in [-0.1, -0.05) is 228 Å². The molecule has 0 saturated heterocycles. The summed E-state index contributed by atoms with van der Waals surface area (Å²) >= 11 is 0. The minimum atomic E-state index is 0.637. The molecule has 0 fully saturated rings. The number of unbranched alkanes of at least 4 members (excludes halogenated alkanes) is 22. The summed E-state index contributed by atoms with van der Waals surface area (Å²) in [5, 5.41) is 0. The Balaban J connectivity index is -0.0000000407. The van der Waals surface area contributed by atoms with Crippen molar-refractivity contribution in [3.8, 4) is 5.75 Å². The average molecular weight is 1450 g/mol. The van der Waals surface area contributed by atoms with Gasteiger partial charge in [0, 0.05) is 6.61 Å². The molecule has 3 aromatic rings. The fourth-order valence-electron chi connectivity index (χ4n) is 7.44. The van der Waals surface area contributed by atoms with E-state index in [2.05, 4.69) is 74.5 Å². The molecule has 0 saturated carbocycles. The molecular formula is C75H129O26+. The summed E-state index contributed by atoms with van der Waals surface area (Å²) < 4.78 is 11.3. The Bertz CT molecular complexity index is 1490. The summed E-state index contributed by atoms with van der Waals surface area (Å²) in [4.78, 5) is 193. The van der Waals surface area contributed by atoms with Crippen LogP contribution in [0.5, 0.6) is 5.75 Å². The maximum atomic E-state index is 8.65. The molecule has 0 radical (unpaired) electrons. The van der Waals surface area contributed by atoms with Gasteiger partial charge in [-0.15, -0.1) is 0 Å². The molecule has 26 nitrogen and oxygen atoms in total. The third kappa shape index (κ3) is 207. The molecule has 0 bridgehead atoms. The molecule has 0 heterocycles. The van der Waals surface area contributed by atoms with Gasteiger partial charge in [-0.2, -0.15) is 0 Å². The van der Waals surface area contributed by atoms with Crippen LogP contribution in [0.15, 0.2) is 91.0 Å². The van der Waals surface area contributed by atoms with Crippen LogP contribution in [-0.2, 0) is 115 Å². The summed E-state index contributed by atoms with van der Waals surface area (Å²) in [7, 11) is 0. The second-order valence-corrected chi connectivity index (χ2v) is 16.1. The molecule has 0 amide bonds. The number of hydrogen-bond donors (Lipinski definition) is 0. The zero-order valence-electron chi connectivity index (χ0n) is 61.3. The quantitative estimate of drug-likeness (QED) is 0.0300. The normalized spacial score (nSPS) is 7.50. The largest absolute Gasteiger partial charge is 0.491 e. The Labute approximate surface area is 605 Å². The molecule has 26 heteroatoms. The predicted molar refractivity (Wildman–Crippen MR) is 404 cm³/mol. The smallest absolute Gasteiger partial charge is 0.281 e. The first kappa shape index (κ1) is 154. The number of benzene rings is 3. The van der Waals surface area contributed by atoms with E-state index < -0.39 is 0 Å². The van der Waals surface area contributed by atoms with Gasteiger partial charge in [0.1, 0.15) is 169 Å². The van der Waals surface area contributed by atoms with Crippen LogP contribution in [0.2, 0.25) is 0 Å². The molecule has 2 atom stereocenters. The summed E-state index contributed by atoms with van der Waals surface area (Å²) in [6, 6.07) is 31.7. The van der Waals surface area contributed by atoms with E-state index in [1.165, 1.54) is 172 Å². The molecule has 0 spiro atoms. The molecule has 3 rings (SSSR count).